The average Bonchev–Trinajstić information content (AvgIpc) is 2.53. The summed E-state index contributed by atoms with van der Waals surface area (Å²) in [7, 11) is 0. The van der Waals surface area contributed by atoms with E-state index in [1.807, 2.05) is 25.1 Å². The molecule has 1 heterocycles. The number of fused-ring (bicyclic) bond motifs is 1. The molecule has 0 saturated heterocycles. The molecule has 0 spiro atoms. The van der Waals surface area contributed by atoms with Gasteiger partial charge in [0.1, 0.15) is 0 Å². The zero-order chi connectivity index (χ0) is 15.5. The first-order chi connectivity index (χ1) is 10.6. The molecule has 1 aromatic heterocycles. The van der Waals surface area contributed by atoms with Crippen LogP contribution >= 0.6 is 23.2 Å². The van der Waals surface area contributed by atoms with Gasteiger partial charge in [0, 0.05) is 6.20 Å². The third-order valence-electron chi connectivity index (χ3n) is 3.30. The van der Waals surface area contributed by atoms with Crippen LogP contribution in [0.25, 0.3) is 10.8 Å². The number of pyridine rings is 1. The van der Waals surface area contributed by atoms with Crippen molar-refractivity contribution in [2.24, 2.45) is 5.10 Å². The van der Waals surface area contributed by atoms with E-state index in [4.69, 9.17) is 23.2 Å². The highest BCUT2D eigenvalue weighted by atomic mass is 35.5. The molecule has 0 amide bonds. The van der Waals surface area contributed by atoms with Crippen molar-refractivity contribution < 1.29 is 0 Å². The lowest BCUT2D eigenvalue weighted by molar-refractivity contribution is 1.22. The van der Waals surface area contributed by atoms with Crippen molar-refractivity contribution in [3.05, 3.63) is 70.3 Å². The summed E-state index contributed by atoms with van der Waals surface area (Å²) in [5.74, 6) is 0.478. The number of halogens is 2. The second-order valence-corrected chi connectivity index (χ2v) is 5.70. The number of aromatic nitrogens is 1. The van der Waals surface area contributed by atoms with Crippen LogP contribution in [0.4, 0.5) is 5.82 Å². The summed E-state index contributed by atoms with van der Waals surface area (Å²) < 4.78 is 0. The Balaban J connectivity index is 1.86. The van der Waals surface area contributed by atoms with Crippen LogP contribution in [0.2, 0.25) is 10.0 Å². The lowest BCUT2D eigenvalue weighted by Gasteiger charge is -2.06. The Hall–Kier alpha value is -2.10. The molecule has 0 aliphatic rings. The minimum Gasteiger partial charge on any atom is -0.260 e. The fourth-order valence-electron chi connectivity index (χ4n) is 2.11. The van der Waals surface area contributed by atoms with Gasteiger partial charge in [0.25, 0.3) is 0 Å². The molecule has 0 atom stereocenters. The van der Waals surface area contributed by atoms with Gasteiger partial charge < -0.3 is 0 Å². The summed E-state index contributed by atoms with van der Waals surface area (Å²) in [6, 6.07) is 16.1. The first kappa shape index (κ1) is 14.8. The molecule has 0 fully saturated rings. The van der Waals surface area contributed by atoms with E-state index in [9.17, 15) is 0 Å². The first-order valence-electron chi connectivity index (χ1n) is 6.74. The maximum atomic E-state index is 6.06. The van der Waals surface area contributed by atoms with Crippen molar-refractivity contribution in [3.63, 3.8) is 0 Å². The van der Waals surface area contributed by atoms with Crippen molar-refractivity contribution in [2.75, 3.05) is 5.43 Å². The van der Waals surface area contributed by atoms with E-state index in [0.717, 1.165) is 11.3 Å². The van der Waals surface area contributed by atoms with Crippen molar-refractivity contribution >= 4 is 45.5 Å². The third kappa shape index (κ3) is 3.21. The monoisotopic (exact) mass is 329 g/mol. The predicted molar refractivity (Wildman–Crippen MR) is 94.0 cm³/mol. The average molecular weight is 330 g/mol. The number of hydrogen-bond acceptors (Lipinski definition) is 3. The molecule has 0 unspecified atom stereocenters. The first-order valence-corrected chi connectivity index (χ1v) is 7.49. The molecule has 5 heteroatoms. The van der Waals surface area contributed by atoms with E-state index in [1.165, 1.54) is 17.0 Å². The zero-order valence-corrected chi connectivity index (χ0v) is 13.4. The maximum absolute atomic E-state index is 6.06. The molecule has 110 valence electrons. The van der Waals surface area contributed by atoms with Gasteiger partial charge >= 0.3 is 0 Å². The van der Waals surface area contributed by atoms with Crippen molar-refractivity contribution in [2.45, 2.75) is 6.92 Å². The highest BCUT2D eigenvalue weighted by molar-refractivity contribution is 6.35. The topological polar surface area (TPSA) is 37.3 Å². The van der Waals surface area contributed by atoms with E-state index >= 15 is 0 Å². The second-order valence-electron chi connectivity index (χ2n) is 4.85. The van der Waals surface area contributed by atoms with Gasteiger partial charge in [-0.15, -0.1) is 0 Å². The minimum absolute atomic E-state index is 0.433. The van der Waals surface area contributed by atoms with Crippen LogP contribution in [-0.4, -0.2) is 10.7 Å². The molecule has 2 aromatic carbocycles. The smallest absolute Gasteiger partial charge is 0.165 e. The highest BCUT2D eigenvalue weighted by Gasteiger charge is 2.03. The van der Waals surface area contributed by atoms with E-state index < -0.39 is 0 Å². The van der Waals surface area contributed by atoms with Crippen LogP contribution in [0.1, 0.15) is 12.5 Å². The normalized spacial score (nSPS) is 11.7. The lowest BCUT2D eigenvalue weighted by Crippen LogP contribution is -2.01. The molecule has 3 rings (SSSR count). The van der Waals surface area contributed by atoms with Gasteiger partial charge in [0.05, 0.1) is 15.8 Å². The van der Waals surface area contributed by atoms with Crippen LogP contribution in [0, 0.1) is 0 Å². The fourth-order valence-corrected chi connectivity index (χ4v) is 2.53. The van der Waals surface area contributed by atoms with Gasteiger partial charge in [-0.2, -0.15) is 5.10 Å². The van der Waals surface area contributed by atoms with Crippen molar-refractivity contribution in [1.82, 2.24) is 4.98 Å². The van der Waals surface area contributed by atoms with Gasteiger partial charge in [-0.05, 0) is 35.4 Å². The maximum Gasteiger partial charge on any atom is 0.165 e. The minimum atomic E-state index is 0.433. The fraction of sp³-hybridized carbons (Fsp3) is 0.0588. The number of rotatable bonds is 3. The molecule has 0 aliphatic carbocycles. The van der Waals surface area contributed by atoms with Crippen molar-refractivity contribution in [1.29, 1.82) is 0 Å². The predicted octanol–water partition coefficient (Wildman–Crippen LogP) is 5.38. The lowest BCUT2D eigenvalue weighted by atomic mass is 10.0. The summed E-state index contributed by atoms with van der Waals surface area (Å²) in [6.07, 6.45) is 1.52. The van der Waals surface area contributed by atoms with Crippen LogP contribution in [0.15, 0.2) is 59.8 Å². The van der Waals surface area contributed by atoms with Crippen LogP contribution in [0.5, 0.6) is 0 Å². The third-order valence-corrected chi connectivity index (χ3v) is 3.80. The largest absolute Gasteiger partial charge is 0.260 e. The van der Waals surface area contributed by atoms with Crippen LogP contribution < -0.4 is 5.43 Å². The standard InChI is InChI=1S/C17H13Cl2N3/c1-11(21-22-17-16(19)9-15(18)10-20-17)13-7-6-12-4-2-3-5-14(12)8-13/h2-10H,1H3,(H,20,22)/b21-11+. The molecule has 3 aromatic rings. The summed E-state index contributed by atoms with van der Waals surface area (Å²) in [4.78, 5) is 4.11. The summed E-state index contributed by atoms with van der Waals surface area (Å²) >= 11 is 11.9. The molecular formula is C17H13Cl2N3. The number of nitrogens with zero attached hydrogens (tertiary/aromatic N) is 2. The molecule has 0 bridgehead atoms. The van der Waals surface area contributed by atoms with E-state index in [2.05, 4.69) is 39.8 Å². The van der Waals surface area contributed by atoms with E-state index in [0.29, 0.717) is 15.9 Å². The van der Waals surface area contributed by atoms with Crippen LogP contribution in [0.3, 0.4) is 0 Å². The van der Waals surface area contributed by atoms with Crippen molar-refractivity contribution in [3.8, 4) is 0 Å². The van der Waals surface area contributed by atoms with E-state index in [1.54, 1.807) is 6.07 Å². The summed E-state index contributed by atoms with van der Waals surface area (Å²) in [6.45, 7) is 1.93. The number of hydrazone groups is 1. The summed E-state index contributed by atoms with van der Waals surface area (Å²) in [5, 5.41) is 7.64. The number of anilines is 1. The molecule has 22 heavy (non-hydrogen) atoms. The Morgan fingerprint density at radius 1 is 1.05 bits per heavy atom. The molecule has 0 radical (unpaired) electrons. The van der Waals surface area contributed by atoms with Gasteiger partial charge in [-0.1, -0.05) is 59.6 Å². The van der Waals surface area contributed by atoms with E-state index in [-0.39, 0.29) is 0 Å². The molecular weight excluding hydrogens is 317 g/mol. The van der Waals surface area contributed by atoms with Gasteiger partial charge in [-0.25, -0.2) is 4.98 Å². The number of nitrogens with one attached hydrogen (secondary N) is 1. The van der Waals surface area contributed by atoms with Crippen LogP contribution in [-0.2, 0) is 0 Å². The van der Waals surface area contributed by atoms with Gasteiger partial charge in [0.15, 0.2) is 5.82 Å². The SMILES string of the molecule is C/C(=N\Nc1ncc(Cl)cc1Cl)c1ccc2ccccc2c1. The van der Waals surface area contributed by atoms with Gasteiger partial charge in [0.2, 0.25) is 0 Å². The zero-order valence-electron chi connectivity index (χ0n) is 11.8. The molecule has 1 N–H and O–H groups in total. The Kier molecular flexibility index (Phi) is 4.27. The Labute approximate surface area is 138 Å². The highest BCUT2D eigenvalue weighted by Crippen LogP contribution is 2.22. The molecule has 3 nitrogen and oxygen atoms in total. The number of benzene rings is 2. The molecule has 0 saturated carbocycles. The number of hydrogen-bond donors (Lipinski definition) is 1. The molecule has 0 aliphatic heterocycles. The summed E-state index contributed by atoms with van der Waals surface area (Å²) in [5.41, 5.74) is 4.76. The Morgan fingerprint density at radius 2 is 1.82 bits per heavy atom. The second kappa shape index (κ2) is 6.34. The quantitative estimate of drug-likeness (QED) is 0.517. The van der Waals surface area contributed by atoms with Gasteiger partial charge in [-0.3, -0.25) is 5.43 Å². The Morgan fingerprint density at radius 3 is 2.59 bits per heavy atom. The Bertz CT molecular complexity index is 859.